The van der Waals surface area contributed by atoms with E-state index in [4.69, 9.17) is 9.47 Å². The summed E-state index contributed by atoms with van der Waals surface area (Å²) < 4.78 is 13.0. The Labute approximate surface area is 179 Å². The largest absolute Gasteiger partial charge is 0.497 e. The van der Waals surface area contributed by atoms with Crippen LogP contribution in [-0.4, -0.2) is 30.2 Å². The van der Waals surface area contributed by atoms with Crippen molar-refractivity contribution in [1.29, 1.82) is 0 Å². The first-order valence-corrected chi connectivity index (χ1v) is 10.6. The number of benzene rings is 2. The number of ether oxygens (including phenoxy) is 2. The number of amides is 1. The van der Waals surface area contributed by atoms with Crippen LogP contribution in [0.15, 0.2) is 35.3 Å². The fourth-order valence-corrected chi connectivity index (χ4v) is 4.62. The zero-order chi connectivity index (χ0) is 21.8. The molecule has 6 nitrogen and oxygen atoms in total. The maximum absolute atomic E-state index is 12.8. The van der Waals surface area contributed by atoms with Gasteiger partial charge in [-0.1, -0.05) is 29.0 Å². The monoisotopic (exact) mass is 426 g/mol. The van der Waals surface area contributed by atoms with Crippen LogP contribution in [0.5, 0.6) is 5.75 Å². The highest BCUT2D eigenvalue weighted by Gasteiger charge is 2.14. The molecule has 0 spiro atoms. The van der Waals surface area contributed by atoms with Crippen molar-refractivity contribution in [3.05, 3.63) is 57.4 Å². The number of esters is 1. The molecular weight excluding hydrogens is 400 g/mol. The van der Waals surface area contributed by atoms with Crippen LogP contribution in [0, 0.1) is 20.8 Å². The number of hydrogen-bond acceptors (Lipinski definition) is 5. The average Bonchev–Trinajstić information content (AvgIpc) is 3.00. The zero-order valence-electron chi connectivity index (χ0n) is 17.9. The van der Waals surface area contributed by atoms with Crippen molar-refractivity contribution in [2.24, 2.45) is 4.99 Å². The second kappa shape index (κ2) is 9.26. The number of aromatic nitrogens is 1. The fourth-order valence-electron chi connectivity index (χ4n) is 3.54. The van der Waals surface area contributed by atoms with E-state index in [0.29, 0.717) is 17.2 Å². The molecule has 0 N–H and O–H groups in total. The SMILES string of the molecule is CCOC(=O)Cn1c(=NC(=O)Cc2c(C)cc(C)cc2C)sc2cc(OC)ccc21. The molecule has 0 radical (unpaired) electrons. The minimum Gasteiger partial charge on any atom is -0.497 e. The molecule has 3 rings (SSSR count). The van der Waals surface area contributed by atoms with Crippen molar-refractivity contribution in [2.45, 2.75) is 40.7 Å². The van der Waals surface area contributed by atoms with E-state index in [9.17, 15) is 9.59 Å². The third-order valence-electron chi connectivity index (χ3n) is 4.87. The Bertz CT molecular complexity index is 1150. The first kappa shape index (κ1) is 21.8. The van der Waals surface area contributed by atoms with E-state index >= 15 is 0 Å². The van der Waals surface area contributed by atoms with Gasteiger partial charge in [-0.3, -0.25) is 9.59 Å². The van der Waals surface area contributed by atoms with E-state index in [0.717, 1.165) is 26.9 Å². The summed E-state index contributed by atoms with van der Waals surface area (Å²) >= 11 is 1.35. The van der Waals surface area contributed by atoms with Crippen molar-refractivity contribution in [3.63, 3.8) is 0 Å². The third-order valence-corrected chi connectivity index (χ3v) is 5.91. The summed E-state index contributed by atoms with van der Waals surface area (Å²) in [5.74, 6) is 0.0872. The van der Waals surface area contributed by atoms with Crippen molar-refractivity contribution in [1.82, 2.24) is 4.57 Å². The molecule has 0 aliphatic rings. The lowest BCUT2D eigenvalue weighted by atomic mass is 9.97. The number of methoxy groups -OCH3 is 1. The van der Waals surface area contributed by atoms with Crippen LogP contribution in [0.3, 0.4) is 0 Å². The molecule has 30 heavy (non-hydrogen) atoms. The lowest BCUT2D eigenvalue weighted by Gasteiger charge is -2.09. The molecule has 7 heteroatoms. The number of rotatable bonds is 6. The number of hydrogen-bond donors (Lipinski definition) is 0. The van der Waals surface area contributed by atoms with Gasteiger partial charge in [0.25, 0.3) is 5.91 Å². The molecular formula is C23H26N2O4S. The molecule has 158 valence electrons. The number of aryl methyl sites for hydroxylation is 3. The van der Waals surface area contributed by atoms with Gasteiger partial charge in [-0.15, -0.1) is 0 Å². The van der Waals surface area contributed by atoms with Crippen LogP contribution in [0.25, 0.3) is 10.2 Å². The zero-order valence-corrected chi connectivity index (χ0v) is 18.8. The van der Waals surface area contributed by atoms with Gasteiger partial charge >= 0.3 is 5.97 Å². The molecule has 1 amide bonds. The minimum absolute atomic E-state index is 0.00509. The van der Waals surface area contributed by atoms with Crippen LogP contribution >= 0.6 is 11.3 Å². The van der Waals surface area contributed by atoms with E-state index in [2.05, 4.69) is 17.1 Å². The smallest absolute Gasteiger partial charge is 0.326 e. The van der Waals surface area contributed by atoms with E-state index < -0.39 is 0 Å². The second-order valence-corrected chi connectivity index (χ2v) is 8.18. The summed E-state index contributed by atoms with van der Waals surface area (Å²) in [4.78, 5) is 29.8. The van der Waals surface area contributed by atoms with Crippen molar-refractivity contribution >= 4 is 33.4 Å². The molecule has 3 aromatic rings. The quantitative estimate of drug-likeness (QED) is 0.561. The number of nitrogens with zero attached hydrogens (tertiary/aromatic N) is 2. The second-order valence-electron chi connectivity index (χ2n) is 7.17. The van der Waals surface area contributed by atoms with Gasteiger partial charge in [0.05, 0.1) is 30.4 Å². The van der Waals surface area contributed by atoms with Crippen LogP contribution in [0.2, 0.25) is 0 Å². The van der Waals surface area contributed by atoms with Crippen molar-refractivity contribution in [2.75, 3.05) is 13.7 Å². The first-order chi connectivity index (χ1) is 14.3. The van der Waals surface area contributed by atoms with Gasteiger partial charge in [0.1, 0.15) is 12.3 Å². The standard InChI is InChI=1S/C23H26N2O4S/c1-6-29-22(27)13-25-19-8-7-17(28-5)11-20(19)30-23(25)24-21(26)12-18-15(3)9-14(2)10-16(18)4/h7-11H,6,12-13H2,1-5H3. The molecule has 2 aromatic carbocycles. The highest BCUT2D eigenvalue weighted by atomic mass is 32.1. The van der Waals surface area contributed by atoms with Gasteiger partial charge in [0.15, 0.2) is 4.80 Å². The summed E-state index contributed by atoms with van der Waals surface area (Å²) in [5.41, 5.74) is 5.13. The molecule has 0 atom stereocenters. The number of carbonyl (C=O) groups is 2. The summed E-state index contributed by atoms with van der Waals surface area (Å²) in [6, 6.07) is 9.70. The normalized spacial score (nSPS) is 11.7. The van der Waals surface area contributed by atoms with Crippen LogP contribution < -0.4 is 9.54 Å². The van der Waals surface area contributed by atoms with Gasteiger partial charge in [-0.05, 0) is 62.6 Å². The van der Waals surface area contributed by atoms with E-state index in [1.54, 1.807) is 18.6 Å². The lowest BCUT2D eigenvalue weighted by molar-refractivity contribution is -0.143. The molecule has 0 saturated carbocycles. The highest BCUT2D eigenvalue weighted by Crippen LogP contribution is 2.23. The minimum atomic E-state index is -0.368. The maximum atomic E-state index is 12.8. The Morgan fingerprint density at radius 1 is 1.10 bits per heavy atom. The van der Waals surface area contributed by atoms with Crippen LogP contribution in [0.4, 0.5) is 0 Å². The van der Waals surface area contributed by atoms with Crippen molar-refractivity contribution < 1.29 is 19.1 Å². The number of fused-ring (bicyclic) bond motifs is 1. The lowest BCUT2D eigenvalue weighted by Crippen LogP contribution is -2.23. The van der Waals surface area contributed by atoms with Gasteiger partial charge in [-0.2, -0.15) is 4.99 Å². The van der Waals surface area contributed by atoms with Gasteiger partial charge in [-0.25, -0.2) is 0 Å². The summed E-state index contributed by atoms with van der Waals surface area (Å²) in [6.07, 6.45) is 0.217. The summed E-state index contributed by atoms with van der Waals surface area (Å²) in [5, 5.41) is 0. The Balaban J connectivity index is 2.03. The first-order valence-electron chi connectivity index (χ1n) is 9.79. The van der Waals surface area contributed by atoms with Gasteiger partial charge in [0.2, 0.25) is 0 Å². The molecule has 0 bridgehead atoms. The Morgan fingerprint density at radius 2 is 1.80 bits per heavy atom. The van der Waals surface area contributed by atoms with Gasteiger partial charge in [0, 0.05) is 0 Å². The number of thiazole rings is 1. The van der Waals surface area contributed by atoms with Crippen LogP contribution in [0.1, 0.15) is 29.2 Å². The molecule has 0 unspecified atom stereocenters. The molecule has 1 aromatic heterocycles. The van der Waals surface area contributed by atoms with Crippen LogP contribution in [-0.2, 0) is 27.3 Å². The Hall–Kier alpha value is -2.93. The number of carbonyl (C=O) groups excluding carboxylic acids is 2. The van der Waals surface area contributed by atoms with E-state index in [1.807, 2.05) is 39.0 Å². The van der Waals surface area contributed by atoms with Crippen molar-refractivity contribution in [3.8, 4) is 5.75 Å². The Morgan fingerprint density at radius 3 is 2.43 bits per heavy atom. The predicted octanol–water partition coefficient (Wildman–Crippen LogP) is 3.87. The topological polar surface area (TPSA) is 69.9 Å². The predicted molar refractivity (Wildman–Crippen MR) is 118 cm³/mol. The average molecular weight is 427 g/mol. The molecule has 0 fully saturated rings. The van der Waals surface area contributed by atoms with Gasteiger partial charge < -0.3 is 14.0 Å². The molecule has 0 aliphatic carbocycles. The summed E-state index contributed by atoms with van der Waals surface area (Å²) in [6.45, 7) is 8.12. The highest BCUT2D eigenvalue weighted by molar-refractivity contribution is 7.16. The molecule has 0 saturated heterocycles. The Kier molecular flexibility index (Phi) is 6.72. The maximum Gasteiger partial charge on any atom is 0.326 e. The fraction of sp³-hybridized carbons (Fsp3) is 0.348. The van der Waals surface area contributed by atoms with E-state index in [1.165, 1.54) is 16.9 Å². The molecule has 1 heterocycles. The third kappa shape index (κ3) is 4.79. The summed E-state index contributed by atoms with van der Waals surface area (Å²) in [7, 11) is 1.60. The molecule has 0 aliphatic heterocycles. The van der Waals surface area contributed by atoms with E-state index in [-0.39, 0.29) is 24.8 Å².